The average molecular weight is 322 g/mol. The van der Waals surface area contributed by atoms with Crippen LogP contribution in [0.15, 0.2) is 48.5 Å². The summed E-state index contributed by atoms with van der Waals surface area (Å²) in [6.45, 7) is 8.25. The van der Waals surface area contributed by atoms with E-state index in [1.54, 1.807) is 0 Å². The van der Waals surface area contributed by atoms with Gasteiger partial charge in [-0.05, 0) is 43.5 Å². The van der Waals surface area contributed by atoms with Crippen LogP contribution in [-0.2, 0) is 6.54 Å². The Morgan fingerprint density at radius 2 is 1.75 bits per heavy atom. The molecule has 24 heavy (non-hydrogen) atoms. The van der Waals surface area contributed by atoms with Gasteiger partial charge in [0.2, 0.25) is 0 Å². The van der Waals surface area contributed by atoms with Crippen LogP contribution in [0, 0.1) is 6.92 Å². The second-order valence-electron chi connectivity index (χ2n) is 6.59. The van der Waals surface area contributed by atoms with Crippen molar-refractivity contribution in [1.29, 1.82) is 0 Å². The maximum atomic E-state index is 5.90. The first-order valence-electron chi connectivity index (χ1n) is 8.80. The molecule has 0 bridgehead atoms. The summed E-state index contributed by atoms with van der Waals surface area (Å²) in [7, 11) is 0. The molecule has 1 aromatic heterocycles. The summed E-state index contributed by atoms with van der Waals surface area (Å²) in [5, 5.41) is 0. The molecule has 126 valence electrons. The molecule has 0 spiro atoms. The molecule has 3 rings (SSSR count). The highest BCUT2D eigenvalue weighted by atomic mass is 16.5. The van der Waals surface area contributed by atoms with E-state index in [-0.39, 0.29) is 0 Å². The predicted octanol–water partition coefficient (Wildman–Crippen LogP) is 5.33. The zero-order valence-electron chi connectivity index (χ0n) is 14.8. The van der Waals surface area contributed by atoms with E-state index in [4.69, 9.17) is 9.72 Å². The van der Waals surface area contributed by atoms with Crippen molar-refractivity contribution in [2.75, 3.05) is 6.61 Å². The number of unbranched alkanes of at least 4 members (excludes halogenated alkanes) is 1. The molecule has 0 radical (unpaired) electrons. The van der Waals surface area contributed by atoms with Gasteiger partial charge >= 0.3 is 0 Å². The third kappa shape index (κ3) is 3.61. The number of para-hydroxylation sites is 3. The minimum Gasteiger partial charge on any atom is -0.493 e. The SMILES string of the molecule is Cc1ccccc1OCCCCn1c(C(C)C)nc2ccccc21. The van der Waals surface area contributed by atoms with Gasteiger partial charge in [-0.1, -0.05) is 44.2 Å². The van der Waals surface area contributed by atoms with Crippen molar-refractivity contribution in [3.63, 3.8) is 0 Å². The van der Waals surface area contributed by atoms with Crippen molar-refractivity contribution in [3.8, 4) is 5.75 Å². The Morgan fingerprint density at radius 1 is 1.00 bits per heavy atom. The Balaban J connectivity index is 1.60. The number of imidazole rings is 1. The van der Waals surface area contributed by atoms with E-state index in [0.717, 1.165) is 37.3 Å². The highest BCUT2D eigenvalue weighted by Gasteiger charge is 2.12. The maximum Gasteiger partial charge on any atom is 0.122 e. The number of rotatable bonds is 7. The van der Waals surface area contributed by atoms with Crippen LogP contribution in [0.4, 0.5) is 0 Å². The Labute approximate surface area is 144 Å². The summed E-state index contributed by atoms with van der Waals surface area (Å²) in [4.78, 5) is 4.80. The van der Waals surface area contributed by atoms with Crippen LogP contribution in [0.2, 0.25) is 0 Å². The number of aryl methyl sites for hydroxylation is 2. The standard InChI is InChI=1S/C21H26N2O/c1-16(2)21-22-18-11-5-6-12-19(18)23(21)14-8-9-15-24-20-13-7-4-10-17(20)3/h4-7,10-13,16H,8-9,14-15H2,1-3H3. The Kier molecular flexibility index (Phi) is 5.19. The van der Waals surface area contributed by atoms with Crippen LogP contribution in [-0.4, -0.2) is 16.2 Å². The molecule has 3 nitrogen and oxygen atoms in total. The summed E-state index contributed by atoms with van der Waals surface area (Å²) in [5.41, 5.74) is 3.53. The number of nitrogens with zero attached hydrogens (tertiary/aromatic N) is 2. The highest BCUT2D eigenvalue weighted by molar-refractivity contribution is 5.76. The molecule has 0 saturated carbocycles. The third-order valence-electron chi connectivity index (χ3n) is 4.33. The molecule has 0 aliphatic rings. The van der Waals surface area contributed by atoms with E-state index in [2.05, 4.69) is 55.7 Å². The Morgan fingerprint density at radius 3 is 2.54 bits per heavy atom. The second kappa shape index (κ2) is 7.52. The molecule has 0 N–H and O–H groups in total. The molecular formula is C21H26N2O. The normalized spacial score (nSPS) is 11.3. The van der Waals surface area contributed by atoms with Crippen molar-refractivity contribution < 1.29 is 4.74 Å². The lowest BCUT2D eigenvalue weighted by Gasteiger charge is -2.12. The summed E-state index contributed by atoms with van der Waals surface area (Å²) in [6, 6.07) is 16.6. The molecule has 0 fully saturated rings. The largest absolute Gasteiger partial charge is 0.493 e. The van der Waals surface area contributed by atoms with Gasteiger partial charge in [-0.25, -0.2) is 4.98 Å². The highest BCUT2D eigenvalue weighted by Crippen LogP contribution is 2.22. The molecule has 0 amide bonds. The van der Waals surface area contributed by atoms with Crippen LogP contribution >= 0.6 is 0 Å². The van der Waals surface area contributed by atoms with Crippen molar-refractivity contribution in [2.24, 2.45) is 0 Å². The van der Waals surface area contributed by atoms with Crippen LogP contribution in [0.25, 0.3) is 11.0 Å². The molecule has 2 aromatic carbocycles. The first kappa shape index (κ1) is 16.6. The van der Waals surface area contributed by atoms with Gasteiger partial charge in [0.05, 0.1) is 17.6 Å². The summed E-state index contributed by atoms with van der Waals surface area (Å²) < 4.78 is 8.27. The fraction of sp³-hybridized carbons (Fsp3) is 0.381. The fourth-order valence-electron chi connectivity index (χ4n) is 3.04. The fourth-order valence-corrected chi connectivity index (χ4v) is 3.04. The third-order valence-corrected chi connectivity index (χ3v) is 4.33. The number of hydrogen-bond donors (Lipinski definition) is 0. The molecule has 0 aliphatic heterocycles. The van der Waals surface area contributed by atoms with Gasteiger partial charge in [-0.3, -0.25) is 0 Å². The van der Waals surface area contributed by atoms with E-state index >= 15 is 0 Å². The smallest absolute Gasteiger partial charge is 0.122 e. The van der Waals surface area contributed by atoms with Crippen molar-refractivity contribution in [2.45, 2.75) is 46.1 Å². The van der Waals surface area contributed by atoms with Crippen molar-refractivity contribution >= 4 is 11.0 Å². The zero-order valence-corrected chi connectivity index (χ0v) is 14.8. The van der Waals surface area contributed by atoms with Gasteiger partial charge in [-0.15, -0.1) is 0 Å². The molecule has 0 unspecified atom stereocenters. The zero-order chi connectivity index (χ0) is 16.9. The van der Waals surface area contributed by atoms with E-state index in [0.29, 0.717) is 5.92 Å². The average Bonchev–Trinajstić information content (AvgIpc) is 2.95. The molecule has 0 saturated heterocycles. The number of ether oxygens (including phenoxy) is 1. The second-order valence-corrected chi connectivity index (χ2v) is 6.59. The Hall–Kier alpha value is -2.29. The lowest BCUT2D eigenvalue weighted by molar-refractivity contribution is 0.301. The number of aromatic nitrogens is 2. The Bertz CT molecular complexity index is 804. The predicted molar refractivity (Wildman–Crippen MR) is 99.7 cm³/mol. The molecular weight excluding hydrogens is 296 g/mol. The first-order chi connectivity index (χ1) is 11.7. The molecule has 0 aliphatic carbocycles. The molecule has 3 aromatic rings. The number of fused-ring (bicyclic) bond motifs is 1. The van der Waals surface area contributed by atoms with Gasteiger partial charge in [-0.2, -0.15) is 0 Å². The van der Waals surface area contributed by atoms with E-state index in [1.165, 1.54) is 16.9 Å². The van der Waals surface area contributed by atoms with Gasteiger partial charge in [0.25, 0.3) is 0 Å². The lowest BCUT2D eigenvalue weighted by Crippen LogP contribution is -2.07. The molecule has 1 heterocycles. The molecule has 0 atom stereocenters. The van der Waals surface area contributed by atoms with Gasteiger partial charge in [0.1, 0.15) is 11.6 Å². The number of benzene rings is 2. The van der Waals surface area contributed by atoms with Gasteiger partial charge in [0, 0.05) is 12.5 Å². The van der Waals surface area contributed by atoms with E-state index < -0.39 is 0 Å². The van der Waals surface area contributed by atoms with Gasteiger partial charge in [0.15, 0.2) is 0 Å². The first-order valence-corrected chi connectivity index (χ1v) is 8.80. The topological polar surface area (TPSA) is 27.1 Å². The number of hydrogen-bond acceptors (Lipinski definition) is 2. The van der Waals surface area contributed by atoms with E-state index in [1.807, 2.05) is 18.2 Å². The summed E-state index contributed by atoms with van der Waals surface area (Å²) in [5.74, 6) is 2.60. The van der Waals surface area contributed by atoms with Crippen LogP contribution in [0.3, 0.4) is 0 Å². The maximum absolute atomic E-state index is 5.90. The van der Waals surface area contributed by atoms with Crippen molar-refractivity contribution in [1.82, 2.24) is 9.55 Å². The van der Waals surface area contributed by atoms with Crippen LogP contribution in [0.5, 0.6) is 5.75 Å². The molecule has 3 heteroatoms. The minimum atomic E-state index is 0.431. The monoisotopic (exact) mass is 322 g/mol. The lowest BCUT2D eigenvalue weighted by atomic mass is 10.2. The summed E-state index contributed by atoms with van der Waals surface area (Å²) >= 11 is 0. The van der Waals surface area contributed by atoms with Crippen molar-refractivity contribution in [3.05, 3.63) is 59.9 Å². The van der Waals surface area contributed by atoms with E-state index in [9.17, 15) is 0 Å². The summed E-state index contributed by atoms with van der Waals surface area (Å²) in [6.07, 6.45) is 2.13. The van der Waals surface area contributed by atoms with Crippen LogP contribution in [0.1, 0.15) is 44.0 Å². The van der Waals surface area contributed by atoms with Crippen LogP contribution < -0.4 is 4.74 Å². The quantitative estimate of drug-likeness (QED) is 0.550. The van der Waals surface area contributed by atoms with Gasteiger partial charge < -0.3 is 9.30 Å². The minimum absolute atomic E-state index is 0.431.